The van der Waals surface area contributed by atoms with E-state index in [2.05, 4.69) is 42.2 Å². The van der Waals surface area contributed by atoms with Gasteiger partial charge in [-0.05, 0) is 18.2 Å². The number of aromatic nitrogens is 2. The van der Waals surface area contributed by atoms with Crippen LogP contribution in [-0.2, 0) is 0 Å². The molecule has 1 saturated heterocycles. The number of nitrogens with zero attached hydrogens (tertiary/aromatic N) is 3. The molecule has 2 aromatic rings. The lowest BCUT2D eigenvalue weighted by molar-refractivity contribution is 0.586. The first-order valence-corrected chi connectivity index (χ1v) is 6.50. The molecule has 0 amide bonds. The average Bonchev–Trinajstić information content (AvgIpc) is 2.39. The number of hydrogen-bond donors (Lipinski definition) is 1. The number of nitrogens with one attached hydrogen (secondary N) is 1. The number of piperazine rings is 1. The zero-order chi connectivity index (χ0) is 11.7. The number of fused-ring (bicyclic) bond motifs is 1. The molecule has 4 nitrogen and oxygen atoms in total. The zero-order valence-electron chi connectivity index (χ0n) is 10.2. The summed E-state index contributed by atoms with van der Waals surface area (Å²) >= 11 is 3.50. The summed E-state index contributed by atoms with van der Waals surface area (Å²) in [7, 11) is 0. The fourth-order valence-corrected chi connectivity index (χ4v) is 2.50. The van der Waals surface area contributed by atoms with Crippen molar-refractivity contribution in [2.45, 2.75) is 0 Å². The molecule has 2 heterocycles. The molecule has 1 N–H and O–H groups in total. The van der Waals surface area contributed by atoms with Crippen LogP contribution in [0, 0.1) is 0 Å². The highest BCUT2D eigenvalue weighted by atomic mass is 79.9. The minimum absolute atomic E-state index is 0. The van der Waals surface area contributed by atoms with Crippen LogP contribution in [0.1, 0.15) is 0 Å². The fourth-order valence-electron chi connectivity index (χ4n) is 2.14. The van der Waals surface area contributed by atoms with Gasteiger partial charge < -0.3 is 10.2 Å². The predicted molar refractivity (Wildman–Crippen MR) is 86.8 cm³/mol. The fraction of sp³-hybridized carbons (Fsp3) is 0.333. The van der Waals surface area contributed by atoms with E-state index in [1.54, 1.807) is 6.33 Å². The van der Waals surface area contributed by atoms with Crippen molar-refractivity contribution in [3.63, 3.8) is 0 Å². The second-order valence-electron chi connectivity index (χ2n) is 4.10. The van der Waals surface area contributed by atoms with E-state index in [-0.39, 0.29) is 24.8 Å². The van der Waals surface area contributed by atoms with Crippen molar-refractivity contribution in [2.75, 3.05) is 31.1 Å². The molecule has 3 rings (SSSR count). The molecule has 0 aliphatic carbocycles. The van der Waals surface area contributed by atoms with Gasteiger partial charge in [-0.1, -0.05) is 15.9 Å². The van der Waals surface area contributed by atoms with Crippen molar-refractivity contribution < 1.29 is 0 Å². The van der Waals surface area contributed by atoms with Gasteiger partial charge in [-0.25, -0.2) is 9.97 Å². The van der Waals surface area contributed by atoms with Crippen molar-refractivity contribution in [1.29, 1.82) is 0 Å². The maximum atomic E-state index is 4.44. The molecule has 0 spiro atoms. The van der Waals surface area contributed by atoms with Crippen LogP contribution < -0.4 is 10.2 Å². The summed E-state index contributed by atoms with van der Waals surface area (Å²) in [5.74, 6) is 1.04. The Bertz CT molecular complexity index is 546. The van der Waals surface area contributed by atoms with E-state index in [0.717, 1.165) is 47.4 Å². The Labute approximate surface area is 132 Å². The molecule has 0 radical (unpaired) electrons. The second-order valence-corrected chi connectivity index (χ2v) is 5.01. The van der Waals surface area contributed by atoms with E-state index in [4.69, 9.17) is 0 Å². The van der Waals surface area contributed by atoms with E-state index in [1.807, 2.05) is 12.1 Å². The molecule has 0 atom stereocenters. The molecule has 0 saturated carbocycles. The normalized spacial score (nSPS) is 14.7. The molecule has 7 heteroatoms. The number of hydrogen-bond acceptors (Lipinski definition) is 4. The minimum Gasteiger partial charge on any atom is -0.353 e. The summed E-state index contributed by atoms with van der Waals surface area (Å²) in [5.41, 5.74) is 0.997. The highest BCUT2D eigenvalue weighted by Gasteiger charge is 2.14. The van der Waals surface area contributed by atoms with Crippen molar-refractivity contribution in [1.82, 2.24) is 15.3 Å². The van der Waals surface area contributed by atoms with E-state index in [0.29, 0.717) is 0 Å². The van der Waals surface area contributed by atoms with Gasteiger partial charge in [0.25, 0.3) is 0 Å². The van der Waals surface area contributed by atoms with E-state index >= 15 is 0 Å². The first-order chi connectivity index (χ1) is 8.34. The van der Waals surface area contributed by atoms with Gasteiger partial charge in [0, 0.05) is 36.0 Å². The van der Waals surface area contributed by atoms with Gasteiger partial charge in [0.2, 0.25) is 0 Å². The van der Waals surface area contributed by atoms with E-state index < -0.39 is 0 Å². The molecular formula is C12H15BrCl2N4. The Balaban J connectivity index is 0.000000902. The predicted octanol–water partition coefficient (Wildman–Crippen LogP) is 2.65. The van der Waals surface area contributed by atoms with Crippen molar-refractivity contribution in [2.24, 2.45) is 0 Å². The summed E-state index contributed by atoms with van der Waals surface area (Å²) in [6, 6.07) is 6.12. The van der Waals surface area contributed by atoms with Gasteiger partial charge in [-0.2, -0.15) is 0 Å². The molecule has 1 fully saturated rings. The van der Waals surface area contributed by atoms with Crippen LogP contribution in [0.15, 0.2) is 29.0 Å². The Morgan fingerprint density at radius 1 is 1.11 bits per heavy atom. The summed E-state index contributed by atoms with van der Waals surface area (Å²) < 4.78 is 1.07. The molecule has 0 bridgehead atoms. The van der Waals surface area contributed by atoms with Crippen LogP contribution in [0.4, 0.5) is 5.82 Å². The molecular weight excluding hydrogens is 351 g/mol. The monoisotopic (exact) mass is 364 g/mol. The van der Waals surface area contributed by atoms with Gasteiger partial charge in [-0.3, -0.25) is 0 Å². The lowest BCUT2D eigenvalue weighted by Crippen LogP contribution is -2.44. The number of anilines is 1. The third kappa shape index (κ3) is 3.48. The summed E-state index contributed by atoms with van der Waals surface area (Å²) in [6.45, 7) is 4.02. The van der Waals surface area contributed by atoms with Gasteiger partial charge in [0.15, 0.2) is 0 Å². The molecule has 1 aromatic carbocycles. The van der Waals surface area contributed by atoms with Crippen molar-refractivity contribution >= 4 is 57.5 Å². The Hall–Kier alpha value is -0.620. The van der Waals surface area contributed by atoms with Crippen molar-refractivity contribution in [3.05, 3.63) is 29.0 Å². The third-order valence-corrected chi connectivity index (χ3v) is 3.49. The van der Waals surface area contributed by atoms with Gasteiger partial charge >= 0.3 is 0 Å². The lowest BCUT2D eigenvalue weighted by atomic mass is 10.2. The molecule has 104 valence electrons. The SMILES string of the molecule is Brc1ccc2ncnc(N3CCNCC3)c2c1.Cl.Cl. The summed E-state index contributed by atoms with van der Waals surface area (Å²) in [6.07, 6.45) is 1.65. The summed E-state index contributed by atoms with van der Waals surface area (Å²) in [4.78, 5) is 11.1. The van der Waals surface area contributed by atoms with Crippen LogP contribution >= 0.6 is 40.7 Å². The highest BCUT2D eigenvalue weighted by molar-refractivity contribution is 9.10. The Morgan fingerprint density at radius 2 is 1.84 bits per heavy atom. The van der Waals surface area contributed by atoms with Crippen LogP contribution in [0.2, 0.25) is 0 Å². The second kappa shape index (κ2) is 7.24. The maximum absolute atomic E-state index is 4.44. The average molecular weight is 366 g/mol. The van der Waals surface area contributed by atoms with Gasteiger partial charge in [-0.15, -0.1) is 24.8 Å². The number of rotatable bonds is 1. The molecule has 1 aliphatic heterocycles. The van der Waals surface area contributed by atoms with Crippen LogP contribution in [0.25, 0.3) is 10.9 Å². The maximum Gasteiger partial charge on any atom is 0.140 e. The molecule has 0 unspecified atom stereocenters. The lowest BCUT2D eigenvalue weighted by Gasteiger charge is -2.29. The first kappa shape index (κ1) is 16.4. The smallest absolute Gasteiger partial charge is 0.140 e. The number of halogens is 3. The van der Waals surface area contributed by atoms with E-state index in [1.165, 1.54) is 0 Å². The van der Waals surface area contributed by atoms with Gasteiger partial charge in [0.05, 0.1) is 5.52 Å². The van der Waals surface area contributed by atoms with Crippen molar-refractivity contribution in [3.8, 4) is 0 Å². The minimum atomic E-state index is 0. The summed E-state index contributed by atoms with van der Waals surface area (Å²) in [5, 5.41) is 4.46. The Kier molecular flexibility index (Phi) is 6.26. The van der Waals surface area contributed by atoms with E-state index in [9.17, 15) is 0 Å². The number of benzene rings is 1. The molecule has 1 aromatic heterocycles. The standard InChI is InChI=1S/C12H13BrN4.2ClH/c13-9-1-2-11-10(7-9)12(16-8-15-11)17-5-3-14-4-6-17;;/h1-2,7-8,14H,3-6H2;2*1H. The third-order valence-electron chi connectivity index (χ3n) is 2.99. The van der Waals surface area contributed by atoms with Crippen LogP contribution in [-0.4, -0.2) is 36.1 Å². The quantitative estimate of drug-likeness (QED) is 0.843. The zero-order valence-corrected chi connectivity index (χ0v) is 13.4. The topological polar surface area (TPSA) is 41.1 Å². The van der Waals surface area contributed by atoms with Crippen LogP contribution in [0.5, 0.6) is 0 Å². The van der Waals surface area contributed by atoms with Gasteiger partial charge in [0.1, 0.15) is 12.1 Å². The molecule has 19 heavy (non-hydrogen) atoms. The molecule has 1 aliphatic rings. The first-order valence-electron chi connectivity index (χ1n) is 5.70. The largest absolute Gasteiger partial charge is 0.353 e. The highest BCUT2D eigenvalue weighted by Crippen LogP contribution is 2.26. The van der Waals surface area contributed by atoms with Crippen LogP contribution in [0.3, 0.4) is 0 Å². The Morgan fingerprint density at radius 3 is 2.58 bits per heavy atom.